The maximum Gasteiger partial charge on any atom is 0.218 e. The summed E-state index contributed by atoms with van der Waals surface area (Å²) < 4.78 is 25.8. The van der Waals surface area contributed by atoms with Gasteiger partial charge in [-0.25, -0.2) is 8.42 Å². The second-order valence-corrected chi connectivity index (χ2v) is 6.35. The van der Waals surface area contributed by atoms with E-state index in [0.717, 1.165) is 19.4 Å². The van der Waals surface area contributed by atoms with E-state index in [2.05, 4.69) is 5.32 Å². The quantitative estimate of drug-likeness (QED) is 0.655. The van der Waals surface area contributed by atoms with E-state index in [4.69, 9.17) is 5.11 Å². The molecule has 0 bridgehead atoms. The Labute approximate surface area is 97.9 Å². The molecule has 0 spiro atoms. The van der Waals surface area contributed by atoms with Crippen LogP contribution in [0.4, 0.5) is 0 Å². The van der Waals surface area contributed by atoms with Crippen LogP contribution in [0.5, 0.6) is 0 Å². The number of nitrogens with zero attached hydrogens (tertiary/aromatic N) is 1. The van der Waals surface area contributed by atoms with Gasteiger partial charge < -0.3 is 10.4 Å². The molecule has 2 N–H and O–H groups in total. The first-order chi connectivity index (χ1) is 7.62. The summed E-state index contributed by atoms with van der Waals surface area (Å²) in [5, 5.41) is 11.7. The van der Waals surface area contributed by atoms with Crippen molar-refractivity contribution in [2.24, 2.45) is 0 Å². The topological polar surface area (TPSA) is 69.6 Å². The van der Waals surface area contributed by atoms with Crippen LogP contribution >= 0.6 is 0 Å². The zero-order valence-corrected chi connectivity index (χ0v) is 10.7. The Balaban J connectivity index is 2.66. The third-order valence-electron chi connectivity index (χ3n) is 2.91. The average molecular weight is 250 g/mol. The van der Waals surface area contributed by atoms with Crippen LogP contribution in [0.15, 0.2) is 0 Å². The van der Waals surface area contributed by atoms with E-state index in [1.54, 1.807) is 0 Å². The van der Waals surface area contributed by atoms with E-state index >= 15 is 0 Å². The molecule has 0 aromatic rings. The SMILES string of the molecule is CCCCN(CCO)S(=O)(=O)C1CCNC1. The Morgan fingerprint density at radius 3 is 2.69 bits per heavy atom. The summed E-state index contributed by atoms with van der Waals surface area (Å²) in [5.41, 5.74) is 0. The fourth-order valence-electron chi connectivity index (χ4n) is 1.91. The molecule has 1 aliphatic heterocycles. The van der Waals surface area contributed by atoms with Gasteiger partial charge in [-0.3, -0.25) is 0 Å². The van der Waals surface area contributed by atoms with E-state index in [1.165, 1.54) is 4.31 Å². The van der Waals surface area contributed by atoms with Gasteiger partial charge in [-0.2, -0.15) is 4.31 Å². The molecule has 0 aromatic carbocycles. The fourth-order valence-corrected chi connectivity index (χ4v) is 3.79. The number of nitrogens with one attached hydrogen (secondary N) is 1. The summed E-state index contributed by atoms with van der Waals surface area (Å²) in [5.74, 6) is 0. The molecule has 16 heavy (non-hydrogen) atoms. The van der Waals surface area contributed by atoms with Gasteiger partial charge in [-0.1, -0.05) is 13.3 Å². The molecule has 1 heterocycles. The Hall–Kier alpha value is -0.170. The van der Waals surface area contributed by atoms with Crippen LogP contribution in [0.25, 0.3) is 0 Å². The number of hydrogen-bond donors (Lipinski definition) is 2. The van der Waals surface area contributed by atoms with Crippen molar-refractivity contribution >= 4 is 10.0 Å². The van der Waals surface area contributed by atoms with Crippen molar-refractivity contribution in [3.8, 4) is 0 Å². The molecule has 96 valence electrons. The van der Waals surface area contributed by atoms with Crippen molar-refractivity contribution in [3.05, 3.63) is 0 Å². The van der Waals surface area contributed by atoms with Crippen molar-refractivity contribution < 1.29 is 13.5 Å². The minimum atomic E-state index is -3.22. The Kier molecular flexibility index (Phi) is 5.68. The monoisotopic (exact) mass is 250 g/mol. The molecular weight excluding hydrogens is 228 g/mol. The van der Waals surface area contributed by atoms with Crippen molar-refractivity contribution in [1.82, 2.24) is 9.62 Å². The Morgan fingerprint density at radius 1 is 1.44 bits per heavy atom. The normalized spacial score (nSPS) is 21.8. The highest BCUT2D eigenvalue weighted by molar-refractivity contribution is 7.89. The molecule has 0 amide bonds. The third-order valence-corrected chi connectivity index (χ3v) is 5.24. The lowest BCUT2D eigenvalue weighted by molar-refractivity contribution is 0.251. The summed E-state index contributed by atoms with van der Waals surface area (Å²) >= 11 is 0. The number of unbranched alkanes of at least 4 members (excludes halogenated alkanes) is 1. The van der Waals surface area contributed by atoms with Crippen LogP contribution in [0, 0.1) is 0 Å². The molecule has 0 saturated carbocycles. The van der Waals surface area contributed by atoms with Gasteiger partial charge in [0.25, 0.3) is 0 Å². The number of sulfonamides is 1. The molecule has 1 fully saturated rings. The fraction of sp³-hybridized carbons (Fsp3) is 1.00. The second kappa shape index (κ2) is 6.54. The smallest absolute Gasteiger partial charge is 0.218 e. The van der Waals surface area contributed by atoms with Crippen molar-refractivity contribution in [3.63, 3.8) is 0 Å². The van der Waals surface area contributed by atoms with Gasteiger partial charge in [-0.15, -0.1) is 0 Å². The first-order valence-electron chi connectivity index (χ1n) is 5.93. The minimum absolute atomic E-state index is 0.108. The zero-order valence-electron chi connectivity index (χ0n) is 9.85. The van der Waals surface area contributed by atoms with E-state index in [0.29, 0.717) is 19.5 Å². The lowest BCUT2D eigenvalue weighted by atomic mass is 10.3. The predicted molar refractivity (Wildman–Crippen MR) is 63.8 cm³/mol. The average Bonchev–Trinajstić information content (AvgIpc) is 2.77. The first-order valence-corrected chi connectivity index (χ1v) is 7.43. The van der Waals surface area contributed by atoms with Crippen molar-refractivity contribution in [1.29, 1.82) is 0 Å². The molecule has 6 heteroatoms. The molecule has 0 aliphatic carbocycles. The maximum absolute atomic E-state index is 12.2. The number of rotatable bonds is 7. The van der Waals surface area contributed by atoms with E-state index in [9.17, 15) is 8.42 Å². The summed E-state index contributed by atoms with van der Waals surface area (Å²) in [7, 11) is -3.22. The highest BCUT2D eigenvalue weighted by Crippen LogP contribution is 2.15. The van der Waals surface area contributed by atoms with Gasteiger partial charge in [0.05, 0.1) is 11.9 Å². The van der Waals surface area contributed by atoms with Gasteiger partial charge in [0.1, 0.15) is 0 Å². The molecule has 0 aromatic heterocycles. The van der Waals surface area contributed by atoms with Gasteiger partial charge in [-0.05, 0) is 19.4 Å². The molecule has 1 atom stereocenters. The Bertz CT molecular complexity index is 286. The summed E-state index contributed by atoms with van der Waals surface area (Å²) in [6.45, 7) is 3.97. The van der Waals surface area contributed by atoms with Crippen LogP contribution in [0.2, 0.25) is 0 Å². The van der Waals surface area contributed by atoms with Gasteiger partial charge in [0.2, 0.25) is 10.0 Å². The Morgan fingerprint density at radius 2 is 2.19 bits per heavy atom. The standard InChI is InChI=1S/C10H22N2O3S/c1-2-3-6-12(7-8-13)16(14,15)10-4-5-11-9-10/h10-11,13H,2-9H2,1H3. The minimum Gasteiger partial charge on any atom is -0.395 e. The molecule has 1 saturated heterocycles. The highest BCUT2D eigenvalue weighted by Gasteiger charge is 2.33. The summed E-state index contributed by atoms with van der Waals surface area (Å²) in [4.78, 5) is 0. The molecule has 5 nitrogen and oxygen atoms in total. The maximum atomic E-state index is 12.2. The second-order valence-electron chi connectivity index (χ2n) is 4.14. The first kappa shape index (κ1) is 13.9. The zero-order chi connectivity index (χ0) is 12.0. The number of hydrogen-bond acceptors (Lipinski definition) is 4. The van der Waals surface area contributed by atoms with E-state index < -0.39 is 10.0 Å². The number of aliphatic hydroxyl groups excluding tert-OH is 1. The summed E-state index contributed by atoms with van der Waals surface area (Å²) in [6.07, 6.45) is 2.48. The highest BCUT2D eigenvalue weighted by atomic mass is 32.2. The lowest BCUT2D eigenvalue weighted by Gasteiger charge is -2.24. The third kappa shape index (κ3) is 3.41. The lowest BCUT2D eigenvalue weighted by Crippen LogP contribution is -2.41. The van der Waals surface area contributed by atoms with Crippen molar-refractivity contribution in [2.75, 3.05) is 32.8 Å². The summed E-state index contributed by atoms with van der Waals surface area (Å²) in [6, 6.07) is 0. The molecular formula is C10H22N2O3S. The van der Waals surface area contributed by atoms with E-state index in [1.807, 2.05) is 6.92 Å². The molecule has 1 rings (SSSR count). The predicted octanol–water partition coefficient (Wildman–Crippen LogP) is -0.227. The van der Waals surface area contributed by atoms with Crippen LogP contribution in [-0.4, -0.2) is 55.9 Å². The van der Waals surface area contributed by atoms with Gasteiger partial charge in [0, 0.05) is 19.6 Å². The van der Waals surface area contributed by atoms with Crippen LogP contribution in [0.1, 0.15) is 26.2 Å². The van der Waals surface area contributed by atoms with Crippen LogP contribution in [-0.2, 0) is 10.0 Å². The number of aliphatic hydroxyl groups is 1. The van der Waals surface area contributed by atoms with E-state index in [-0.39, 0.29) is 18.4 Å². The van der Waals surface area contributed by atoms with Gasteiger partial charge in [0.15, 0.2) is 0 Å². The molecule has 0 radical (unpaired) electrons. The largest absolute Gasteiger partial charge is 0.395 e. The molecule has 1 unspecified atom stereocenters. The van der Waals surface area contributed by atoms with Gasteiger partial charge >= 0.3 is 0 Å². The van der Waals surface area contributed by atoms with Crippen LogP contribution < -0.4 is 5.32 Å². The van der Waals surface area contributed by atoms with Crippen LogP contribution in [0.3, 0.4) is 0 Å². The molecule has 1 aliphatic rings. The van der Waals surface area contributed by atoms with Crippen molar-refractivity contribution in [2.45, 2.75) is 31.4 Å².